The fourth-order valence-electron chi connectivity index (χ4n) is 3.18. The summed E-state index contributed by atoms with van der Waals surface area (Å²) >= 11 is 5.71. The topological polar surface area (TPSA) is 20.3 Å². The van der Waals surface area contributed by atoms with Gasteiger partial charge in [-0.3, -0.25) is 4.79 Å². The van der Waals surface area contributed by atoms with Crippen LogP contribution in [-0.2, 0) is 4.79 Å². The molecule has 1 saturated carbocycles. The lowest BCUT2D eigenvalue weighted by Crippen LogP contribution is -2.43. The van der Waals surface area contributed by atoms with E-state index >= 15 is 0 Å². The smallest absolute Gasteiger partial charge is 0.237 e. The van der Waals surface area contributed by atoms with Crippen LogP contribution in [0, 0.1) is 17.8 Å². The third-order valence-corrected chi connectivity index (χ3v) is 4.63. The van der Waals surface area contributed by atoms with Crippen LogP contribution >= 0.6 is 11.6 Å². The first-order chi connectivity index (χ1) is 8.15. The molecule has 2 bridgehead atoms. The fourth-order valence-corrected chi connectivity index (χ4v) is 3.34. The van der Waals surface area contributed by atoms with Gasteiger partial charge in [-0.2, -0.15) is 0 Å². The van der Waals surface area contributed by atoms with Gasteiger partial charge in [0.15, 0.2) is 0 Å². The van der Waals surface area contributed by atoms with E-state index < -0.39 is 0 Å². The third-order valence-electron chi connectivity index (χ3n) is 4.41. The van der Waals surface area contributed by atoms with E-state index in [9.17, 15) is 4.79 Å². The van der Waals surface area contributed by atoms with Gasteiger partial charge in [-0.15, -0.1) is 11.6 Å². The van der Waals surface area contributed by atoms with Crippen LogP contribution in [0.25, 0.3) is 0 Å². The van der Waals surface area contributed by atoms with Gasteiger partial charge in [0, 0.05) is 12.6 Å². The van der Waals surface area contributed by atoms with Crippen LogP contribution in [-0.4, -0.2) is 29.3 Å². The number of allylic oxidation sites excluding steroid dienone is 2. The summed E-state index contributed by atoms with van der Waals surface area (Å²) in [7, 11) is 0. The van der Waals surface area contributed by atoms with Gasteiger partial charge in [-0.05, 0) is 43.9 Å². The number of nitrogens with zero attached hydrogens (tertiary/aromatic N) is 1. The van der Waals surface area contributed by atoms with Crippen LogP contribution in [0.2, 0.25) is 0 Å². The van der Waals surface area contributed by atoms with Gasteiger partial charge in [0.1, 0.15) is 5.88 Å². The largest absolute Gasteiger partial charge is 0.339 e. The molecular formula is C14H22ClNO. The van der Waals surface area contributed by atoms with Gasteiger partial charge in [-0.1, -0.05) is 19.1 Å². The number of alkyl halides is 1. The molecule has 4 atom stereocenters. The van der Waals surface area contributed by atoms with Gasteiger partial charge in [0.25, 0.3) is 0 Å². The van der Waals surface area contributed by atoms with Crippen molar-refractivity contribution in [3.05, 3.63) is 12.2 Å². The SMILES string of the molecule is CCC(C)N(CC1CC2C=CC1C2)C(=O)CCl. The average Bonchev–Trinajstić information content (AvgIpc) is 2.96. The summed E-state index contributed by atoms with van der Waals surface area (Å²) in [6, 6.07) is 0.310. The zero-order valence-electron chi connectivity index (χ0n) is 10.7. The molecule has 2 aliphatic carbocycles. The zero-order valence-corrected chi connectivity index (χ0v) is 11.5. The molecule has 0 heterocycles. The predicted molar refractivity (Wildman–Crippen MR) is 71.0 cm³/mol. The second-order valence-electron chi connectivity index (χ2n) is 5.48. The molecule has 0 N–H and O–H groups in total. The van der Waals surface area contributed by atoms with Crippen LogP contribution in [0.15, 0.2) is 12.2 Å². The first-order valence-corrected chi connectivity index (χ1v) is 7.22. The van der Waals surface area contributed by atoms with Gasteiger partial charge < -0.3 is 4.90 Å². The Balaban J connectivity index is 1.98. The highest BCUT2D eigenvalue weighted by molar-refractivity contribution is 6.27. The van der Waals surface area contributed by atoms with Crippen molar-refractivity contribution in [1.82, 2.24) is 4.90 Å². The van der Waals surface area contributed by atoms with E-state index in [-0.39, 0.29) is 11.8 Å². The van der Waals surface area contributed by atoms with E-state index in [0.29, 0.717) is 17.9 Å². The highest BCUT2D eigenvalue weighted by Crippen LogP contribution is 2.43. The number of carbonyl (C=O) groups is 1. The summed E-state index contributed by atoms with van der Waals surface area (Å²) in [5.74, 6) is 2.34. The lowest BCUT2D eigenvalue weighted by atomic mass is 9.92. The summed E-state index contributed by atoms with van der Waals surface area (Å²) in [5.41, 5.74) is 0. The third kappa shape index (κ3) is 2.67. The van der Waals surface area contributed by atoms with E-state index in [1.54, 1.807) is 0 Å². The van der Waals surface area contributed by atoms with Crippen LogP contribution in [0.3, 0.4) is 0 Å². The molecular weight excluding hydrogens is 234 g/mol. The standard InChI is InChI=1S/C14H22ClNO/c1-3-10(2)16(14(17)8-15)9-13-7-11-4-5-12(13)6-11/h4-5,10-13H,3,6-9H2,1-2H3. The molecule has 96 valence electrons. The maximum Gasteiger partial charge on any atom is 0.237 e. The number of hydrogen-bond acceptors (Lipinski definition) is 1. The summed E-state index contributed by atoms with van der Waals surface area (Å²) < 4.78 is 0. The molecule has 4 unspecified atom stereocenters. The maximum absolute atomic E-state index is 11.9. The number of hydrogen-bond donors (Lipinski definition) is 0. The Bertz CT molecular complexity index is 315. The van der Waals surface area contributed by atoms with Crippen molar-refractivity contribution in [3.8, 4) is 0 Å². The Morgan fingerprint density at radius 1 is 1.47 bits per heavy atom. The lowest BCUT2D eigenvalue weighted by Gasteiger charge is -2.32. The number of fused-ring (bicyclic) bond motifs is 2. The molecule has 2 rings (SSSR count). The second kappa shape index (κ2) is 5.43. The molecule has 2 nitrogen and oxygen atoms in total. The van der Waals surface area contributed by atoms with Crippen molar-refractivity contribution in [2.45, 2.75) is 39.2 Å². The maximum atomic E-state index is 11.9. The number of rotatable bonds is 5. The number of halogens is 1. The van der Waals surface area contributed by atoms with Gasteiger partial charge in [0.2, 0.25) is 5.91 Å². The molecule has 0 aromatic rings. The van der Waals surface area contributed by atoms with Crippen LogP contribution < -0.4 is 0 Å². The van der Waals surface area contributed by atoms with E-state index in [4.69, 9.17) is 11.6 Å². The predicted octanol–water partition coefficient (Wildman–Crippen LogP) is 3.06. The van der Waals surface area contributed by atoms with E-state index in [0.717, 1.165) is 18.9 Å². The fraction of sp³-hybridized carbons (Fsp3) is 0.786. The molecule has 2 aliphatic rings. The molecule has 0 radical (unpaired) electrons. The Kier molecular flexibility index (Phi) is 4.13. The first-order valence-electron chi connectivity index (χ1n) is 6.69. The average molecular weight is 256 g/mol. The molecule has 1 fully saturated rings. The monoisotopic (exact) mass is 255 g/mol. The summed E-state index contributed by atoms with van der Waals surface area (Å²) in [6.07, 6.45) is 8.24. The van der Waals surface area contributed by atoms with Crippen molar-refractivity contribution in [2.75, 3.05) is 12.4 Å². The number of amides is 1. The summed E-state index contributed by atoms with van der Waals surface area (Å²) in [6.45, 7) is 5.14. The minimum Gasteiger partial charge on any atom is -0.339 e. The first kappa shape index (κ1) is 12.9. The molecule has 17 heavy (non-hydrogen) atoms. The van der Waals surface area contributed by atoms with Crippen molar-refractivity contribution >= 4 is 17.5 Å². The molecule has 0 spiro atoms. The number of carbonyl (C=O) groups excluding carboxylic acids is 1. The van der Waals surface area contributed by atoms with Crippen LogP contribution in [0.5, 0.6) is 0 Å². The van der Waals surface area contributed by atoms with E-state index in [1.165, 1.54) is 12.8 Å². The second-order valence-corrected chi connectivity index (χ2v) is 5.74. The Hall–Kier alpha value is -0.500. The van der Waals surface area contributed by atoms with Crippen molar-refractivity contribution < 1.29 is 4.79 Å². The molecule has 3 heteroatoms. The van der Waals surface area contributed by atoms with Crippen LogP contribution in [0.1, 0.15) is 33.1 Å². The summed E-state index contributed by atoms with van der Waals surface area (Å²) in [4.78, 5) is 13.9. The minimum absolute atomic E-state index is 0.0905. The Morgan fingerprint density at radius 3 is 2.71 bits per heavy atom. The van der Waals surface area contributed by atoms with Gasteiger partial charge >= 0.3 is 0 Å². The van der Waals surface area contributed by atoms with Crippen molar-refractivity contribution in [2.24, 2.45) is 17.8 Å². The molecule has 0 saturated heterocycles. The van der Waals surface area contributed by atoms with Crippen LogP contribution in [0.4, 0.5) is 0 Å². The molecule has 0 aliphatic heterocycles. The van der Waals surface area contributed by atoms with Gasteiger partial charge in [0.05, 0.1) is 0 Å². The Morgan fingerprint density at radius 2 is 2.24 bits per heavy atom. The Labute approximate surface area is 109 Å². The van der Waals surface area contributed by atoms with Crippen molar-refractivity contribution in [3.63, 3.8) is 0 Å². The van der Waals surface area contributed by atoms with Crippen molar-refractivity contribution in [1.29, 1.82) is 0 Å². The summed E-state index contributed by atoms with van der Waals surface area (Å²) in [5, 5.41) is 0. The minimum atomic E-state index is 0.0905. The molecule has 0 aromatic heterocycles. The highest BCUT2D eigenvalue weighted by atomic mass is 35.5. The van der Waals surface area contributed by atoms with E-state index in [1.807, 2.05) is 4.90 Å². The zero-order chi connectivity index (χ0) is 12.4. The lowest BCUT2D eigenvalue weighted by molar-refractivity contribution is -0.131. The van der Waals surface area contributed by atoms with Gasteiger partial charge in [-0.25, -0.2) is 0 Å². The quantitative estimate of drug-likeness (QED) is 0.546. The normalized spacial score (nSPS) is 31.8. The highest BCUT2D eigenvalue weighted by Gasteiger charge is 2.37. The molecule has 0 aromatic carbocycles. The molecule has 1 amide bonds. The van der Waals surface area contributed by atoms with E-state index in [2.05, 4.69) is 26.0 Å².